The summed E-state index contributed by atoms with van der Waals surface area (Å²) in [5, 5.41) is 27.7. The summed E-state index contributed by atoms with van der Waals surface area (Å²) in [5.74, 6) is -0.423. The zero-order valence-electron chi connectivity index (χ0n) is 34.4. The minimum Gasteiger partial charge on any atom is -0.381 e. The summed E-state index contributed by atoms with van der Waals surface area (Å²) in [7, 11) is -8.09. The molecule has 2 amide bonds. The number of hydrogen-bond acceptors (Lipinski definition) is 16. The van der Waals surface area contributed by atoms with Gasteiger partial charge in [0.25, 0.3) is 11.8 Å². The van der Waals surface area contributed by atoms with Crippen LogP contribution in [-0.4, -0.2) is 96.5 Å². The molecule has 2 saturated heterocycles. The zero-order valence-corrected chi connectivity index (χ0v) is 36.9. The highest BCUT2D eigenvalue weighted by Crippen LogP contribution is 2.38. The summed E-state index contributed by atoms with van der Waals surface area (Å²) in [5.41, 5.74) is 8.10. The number of sulfone groups is 2. The molecule has 3 aliphatic rings. The number of nitrogens with zero attached hydrogens (tertiary/aromatic N) is 3. The van der Waals surface area contributed by atoms with Gasteiger partial charge in [-0.05, 0) is 98.4 Å². The molecule has 1 aliphatic carbocycles. The van der Waals surface area contributed by atoms with E-state index in [0.717, 1.165) is 46.5 Å². The Hall–Kier alpha value is -5.35. The lowest BCUT2D eigenvalue weighted by Gasteiger charge is -2.34. The van der Waals surface area contributed by atoms with Gasteiger partial charge in [-0.3, -0.25) is 25.0 Å². The molecule has 4 heterocycles. The third-order valence-electron chi connectivity index (χ3n) is 11.6. The van der Waals surface area contributed by atoms with Crippen LogP contribution in [0.2, 0.25) is 0 Å². The molecular formula is C43H49N7O10S3. The van der Waals surface area contributed by atoms with Crippen molar-refractivity contribution in [2.45, 2.75) is 71.2 Å². The van der Waals surface area contributed by atoms with Crippen LogP contribution < -0.4 is 21.6 Å². The number of hydroxylamine groups is 2. The predicted octanol–water partition coefficient (Wildman–Crippen LogP) is 5.74. The Labute approximate surface area is 369 Å². The summed E-state index contributed by atoms with van der Waals surface area (Å²) < 4.78 is 60.2. The lowest BCUT2D eigenvalue weighted by atomic mass is 9.98. The topological polar surface area (TPSA) is 248 Å². The molecule has 63 heavy (non-hydrogen) atoms. The number of anilines is 3. The van der Waals surface area contributed by atoms with Crippen molar-refractivity contribution in [3.05, 3.63) is 96.3 Å². The van der Waals surface area contributed by atoms with Crippen LogP contribution >= 0.6 is 11.3 Å². The monoisotopic (exact) mass is 919 g/mol. The van der Waals surface area contributed by atoms with Gasteiger partial charge < -0.3 is 20.1 Å². The molecule has 6 N–H and O–H groups in total. The van der Waals surface area contributed by atoms with Gasteiger partial charge in [0.05, 0.1) is 33.6 Å². The van der Waals surface area contributed by atoms with Crippen LogP contribution in [0.3, 0.4) is 0 Å². The third-order valence-corrected chi connectivity index (χ3v) is 17.4. The summed E-state index contributed by atoms with van der Waals surface area (Å²) in [4.78, 5) is 38.0. The average molecular weight is 920 g/mol. The minimum absolute atomic E-state index is 0.00688. The number of benzene rings is 3. The molecular weight excluding hydrogens is 871 g/mol. The van der Waals surface area contributed by atoms with Crippen LogP contribution in [0, 0.1) is 5.92 Å². The first-order valence-corrected chi connectivity index (χ1v) is 24.3. The van der Waals surface area contributed by atoms with E-state index in [2.05, 4.69) is 32.5 Å². The van der Waals surface area contributed by atoms with Gasteiger partial charge in [-0.15, -0.1) is 11.3 Å². The van der Waals surface area contributed by atoms with Gasteiger partial charge in [0.1, 0.15) is 5.82 Å². The van der Waals surface area contributed by atoms with Gasteiger partial charge in [-0.2, -0.15) is 0 Å². The maximum absolute atomic E-state index is 13.4. The molecule has 2 aliphatic heterocycles. The summed E-state index contributed by atoms with van der Waals surface area (Å²) >= 11 is 1.56. The molecule has 20 heteroatoms. The van der Waals surface area contributed by atoms with Crippen molar-refractivity contribution in [1.82, 2.24) is 25.9 Å². The van der Waals surface area contributed by atoms with E-state index >= 15 is 0 Å². The van der Waals surface area contributed by atoms with E-state index in [0.29, 0.717) is 17.1 Å². The number of rotatable bonds is 14. The van der Waals surface area contributed by atoms with Crippen molar-refractivity contribution in [3.8, 4) is 22.4 Å². The van der Waals surface area contributed by atoms with E-state index in [-0.39, 0.29) is 61.9 Å². The Balaban J connectivity index is 0.000000190. The van der Waals surface area contributed by atoms with Crippen LogP contribution in [0.4, 0.5) is 16.6 Å². The van der Waals surface area contributed by atoms with Crippen LogP contribution in [0.15, 0.2) is 100 Å². The van der Waals surface area contributed by atoms with Crippen molar-refractivity contribution < 1.29 is 46.3 Å². The number of nitrogens with one attached hydrogen (secondary N) is 4. The quantitative estimate of drug-likeness (QED) is 0.0575. The lowest BCUT2D eigenvalue weighted by Crippen LogP contribution is -2.54. The van der Waals surface area contributed by atoms with Crippen LogP contribution in [-0.2, 0) is 45.2 Å². The number of carbonyl (C=O) groups excluding carboxylic acids is 2. The van der Waals surface area contributed by atoms with Gasteiger partial charge in [-0.1, -0.05) is 43.3 Å². The highest BCUT2D eigenvalue weighted by atomic mass is 32.2. The fourth-order valence-electron chi connectivity index (χ4n) is 7.46. The Morgan fingerprint density at radius 2 is 1.21 bits per heavy atom. The second kappa shape index (κ2) is 19.6. The Morgan fingerprint density at radius 1 is 0.714 bits per heavy atom. The van der Waals surface area contributed by atoms with Gasteiger partial charge in [0.2, 0.25) is 0 Å². The standard InChI is InChI=1S/C23H25N3O5S2.C20H24N4O5S/c1-2-18-15-32-22(24-18)25-19-7-3-16(4-8-19)17-5-9-20(10-6-17)33(29,30)23(21(27)26-28)11-13-31-14-12-23;25-19(24-26)20(7-9-29-10-8-20)30(27,28)16-5-3-15(4-6-16)17-12-23-18(13-21-17)22-11-14-1-2-14/h3-10,15,28H,2,11-14H2,1H3,(H,24,25)(H,26,27);3-6,12-14,26H,1-2,7-11H2,(H,22,23)(H,24,25). The molecule has 0 radical (unpaired) electrons. The molecule has 17 nitrogen and oxygen atoms in total. The van der Waals surface area contributed by atoms with E-state index < -0.39 is 41.0 Å². The molecule has 0 unspecified atom stereocenters. The smallest absolute Gasteiger partial charge is 0.265 e. The fourth-order valence-corrected chi connectivity index (χ4v) is 12.2. The zero-order chi connectivity index (χ0) is 44.7. The largest absolute Gasteiger partial charge is 0.381 e. The van der Waals surface area contributed by atoms with E-state index in [9.17, 15) is 31.6 Å². The first-order chi connectivity index (χ1) is 30.4. The SMILES string of the molecule is CCc1csc(Nc2ccc(-c3ccc(S(=O)(=O)C4(C(=O)NO)CCOCC4)cc3)cc2)n1.O=C(NO)C1(S(=O)(=O)c2ccc(-c3cnc(NCC4CC4)cn3)cc2)CCOCC1. The van der Waals surface area contributed by atoms with Crippen molar-refractivity contribution in [3.63, 3.8) is 0 Å². The summed E-state index contributed by atoms with van der Waals surface area (Å²) in [6, 6.07) is 20.4. The Kier molecular flexibility index (Phi) is 14.2. The summed E-state index contributed by atoms with van der Waals surface area (Å²) in [6.45, 7) is 3.48. The van der Waals surface area contributed by atoms with Crippen molar-refractivity contribution >= 4 is 59.5 Å². The molecule has 3 fully saturated rings. The van der Waals surface area contributed by atoms with E-state index in [1.54, 1.807) is 48.0 Å². The normalized spacial score (nSPS) is 17.1. The molecule has 8 rings (SSSR count). The second-order valence-corrected chi connectivity index (χ2v) is 20.8. The Morgan fingerprint density at radius 3 is 1.63 bits per heavy atom. The van der Waals surface area contributed by atoms with E-state index in [1.165, 1.54) is 48.1 Å². The molecule has 334 valence electrons. The lowest BCUT2D eigenvalue weighted by molar-refractivity contribution is -0.135. The van der Waals surface area contributed by atoms with Gasteiger partial charge in [0.15, 0.2) is 34.3 Å². The van der Waals surface area contributed by atoms with Gasteiger partial charge >= 0.3 is 0 Å². The minimum atomic E-state index is -4.05. The van der Waals surface area contributed by atoms with Gasteiger partial charge in [0, 0.05) is 49.6 Å². The molecule has 3 aromatic carbocycles. The van der Waals surface area contributed by atoms with Crippen molar-refractivity contribution in [2.24, 2.45) is 5.92 Å². The highest BCUT2D eigenvalue weighted by molar-refractivity contribution is 7.94. The maximum Gasteiger partial charge on any atom is 0.265 e. The third kappa shape index (κ3) is 9.76. The summed E-state index contributed by atoms with van der Waals surface area (Å²) in [6.07, 6.45) is 6.61. The maximum atomic E-state index is 13.4. The number of aromatic nitrogens is 3. The predicted molar refractivity (Wildman–Crippen MR) is 235 cm³/mol. The number of hydrogen-bond donors (Lipinski definition) is 6. The highest BCUT2D eigenvalue weighted by Gasteiger charge is 2.53. The first-order valence-electron chi connectivity index (χ1n) is 20.5. The Bertz CT molecular complexity index is 2580. The number of ether oxygens (including phenoxy) is 2. The van der Waals surface area contributed by atoms with E-state index in [1.807, 2.05) is 29.6 Å². The molecule has 0 spiro atoms. The number of aryl methyl sites for hydroxylation is 1. The molecule has 0 bridgehead atoms. The number of thiazole rings is 1. The number of carbonyl (C=O) groups is 2. The fraction of sp³-hybridized carbons (Fsp3) is 0.372. The molecule has 1 saturated carbocycles. The van der Waals surface area contributed by atoms with Crippen LogP contribution in [0.1, 0.15) is 51.1 Å². The molecule has 2 aromatic heterocycles. The van der Waals surface area contributed by atoms with Crippen LogP contribution in [0.5, 0.6) is 0 Å². The van der Waals surface area contributed by atoms with Crippen molar-refractivity contribution in [1.29, 1.82) is 0 Å². The van der Waals surface area contributed by atoms with Crippen LogP contribution in [0.25, 0.3) is 22.4 Å². The van der Waals surface area contributed by atoms with E-state index in [4.69, 9.17) is 14.7 Å². The first kappa shape index (κ1) is 45.7. The number of amides is 2. The van der Waals surface area contributed by atoms with Gasteiger partial charge in [-0.25, -0.2) is 37.8 Å². The average Bonchev–Trinajstić information content (AvgIpc) is 4.06. The second-order valence-electron chi connectivity index (χ2n) is 15.5. The molecule has 0 atom stereocenters. The van der Waals surface area contributed by atoms with Crippen molar-refractivity contribution in [2.75, 3.05) is 43.6 Å². The molecule has 5 aromatic rings.